The predicted molar refractivity (Wildman–Crippen MR) is 73.4 cm³/mol. The summed E-state index contributed by atoms with van der Waals surface area (Å²) in [5.74, 6) is 0.621. The molecule has 3 N–H and O–H groups in total. The Kier molecular flexibility index (Phi) is 2.99. The van der Waals surface area contributed by atoms with Crippen LogP contribution in [-0.4, -0.2) is 17.0 Å². The summed E-state index contributed by atoms with van der Waals surface area (Å²) < 4.78 is 4.46. The molecular weight excluding hydrogens is 230 g/mol. The van der Waals surface area contributed by atoms with Gasteiger partial charge in [-0.2, -0.15) is 4.37 Å². The third kappa shape index (κ3) is 2.03. The normalized spacial score (nSPS) is 24.3. The minimum atomic E-state index is 0.531. The molecule has 0 spiro atoms. The van der Waals surface area contributed by atoms with Crippen LogP contribution in [0, 0.1) is 5.92 Å². The van der Waals surface area contributed by atoms with Gasteiger partial charge in [0.1, 0.15) is 5.00 Å². The Balaban J connectivity index is 1.85. The van der Waals surface area contributed by atoms with Gasteiger partial charge in [-0.05, 0) is 49.0 Å². The molecule has 1 aromatic heterocycles. The highest BCUT2D eigenvalue weighted by Gasteiger charge is 2.26. The molecule has 3 rings (SSSR count). The lowest BCUT2D eigenvalue weighted by Crippen LogP contribution is -2.29. The average Bonchev–Trinajstić information content (AvgIpc) is 2.97. The molecule has 1 aromatic carbocycles. The Morgan fingerprint density at radius 3 is 3.12 bits per heavy atom. The molecule has 1 aliphatic rings. The van der Waals surface area contributed by atoms with Gasteiger partial charge in [-0.3, -0.25) is 0 Å². The van der Waals surface area contributed by atoms with Crippen LogP contribution in [0.5, 0.6) is 0 Å². The number of aromatic nitrogens is 1. The van der Waals surface area contributed by atoms with E-state index in [-0.39, 0.29) is 0 Å². The van der Waals surface area contributed by atoms with Gasteiger partial charge in [-0.1, -0.05) is 18.6 Å². The van der Waals surface area contributed by atoms with Crippen molar-refractivity contribution >= 4 is 27.4 Å². The van der Waals surface area contributed by atoms with Crippen molar-refractivity contribution in [3.63, 3.8) is 0 Å². The number of nitrogens with one attached hydrogen (secondary N) is 1. The minimum absolute atomic E-state index is 0.531. The predicted octanol–water partition coefficient (Wildman–Crippen LogP) is 2.84. The minimum Gasteiger partial charge on any atom is -0.372 e. The summed E-state index contributed by atoms with van der Waals surface area (Å²) in [6, 6.07) is 8.82. The summed E-state index contributed by atoms with van der Waals surface area (Å²) in [6.07, 6.45) is 3.77. The van der Waals surface area contributed by atoms with Crippen molar-refractivity contribution in [1.82, 2.24) is 4.37 Å². The number of hydrogen-bond acceptors (Lipinski definition) is 4. The monoisotopic (exact) mass is 247 g/mol. The second-order valence-corrected chi connectivity index (χ2v) is 5.48. The molecule has 1 aliphatic carbocycles. The van der Waals surface area contributed by atoms with Gasteiger partial charge in [0.25, 0.3) is 0 Å². The fraction of sp³-hybridized carbons (Fsp3) is 0.462. The van der Waals surface area contributed by atoms with Crippen LogP contribution in [-0.2, 0) is 0 Å². The zero-order valence-electron chi connectivity index (χ0n) is 9.73. The van der Waals surface area contributed by atoms with Gasteiger partial charge in [-0.25, -0.2) is 0 Å². The van der Waals surface area contributed by atoms with Crippen molar-refractivity contribution in [2.45, 2.75) is 25.3 Å². The summed E-state index contributed by atoms with van der Waals surface area (Å²) in [6.45, 7) is 0.786. The number of rotatable bonds is 3. The number of nitrogens with two attached hydrogens (primary N) is 1. The second-order valence-electron chi connectivity index (χ2n) is 4.71. The summed E-state index contributed by atoms with van der Waals surface area (Å²) in [4.78, 5) is 0. The van der Waals surface area contributed by atoms with Crippen molar-refractivity contribution in [1.29, 1.82) is 0 Å². The molecule has 0 bridgehead atoms. The molecule has 0 radical (unpaired) electrons. The van der Waals surface area contributed by atoms with E-state index in [9.17, 15) is 0 Å². The third-order valence-electron chi connectivity index (χ3n) is 3.66. The smallest absolute Gasteiger partial charge is 0.117 e. The van der Waals surface area contributed by atoms with Gasteiger partial charge in [0, 0.05) is 11.4 Å². The number of anilines is 1. The van der Waals surface area contributed by atoms with Crippen LogP contribution in [0.4, 0.5) is 5.00 Å². The van der Waals surface area contributed by atoms with Crippen LogP contribution in [0.3, 0.4) is 0 Å². The van der Waals surface area contributed by atoms with Crippen LogP contribution < -0.4 is 11.1 Å². The standard InChI is InChI=1S/C13H17N3S/c14-8-9-4-3-7-11(9)15-13-10-5-1-2-6-12(10)16-17-13/h1-2,5-6,9,11,15H,3-4,7-8,14H2. The van der Waals surface area contributed by atoms with Gasteiger partial charge in [0.2, 0.25) is 0 Å². The number of benzene rings is 1. The molecular formula is C13H17N3S. The SMILES string of the molecule is NCC1CCCC1Nc1snc2ccccc12. The lowest BCUT2D eigenvalue weighted by Gasteiger charge is -2.19. The van der Waals surface area contributed by atoms with Gasteiger partial charge in [-0.15, -0.1) is 0 Å². The average molecular weight is 247 g/mol. The third-order valence-corrected chi connectivity index (χ3v) is 4.47. The van der Waals surface area contributed by atoms with Crippen LogP contribution in [0.1, 0.15) is 19.3 Å². The molecule has 0 amide bonds. The largest absolute Gasteiger partial charge is 0.372 e. The van der Waals surface area contributed by atoms with Gasteiger partial charge in [0.15, 0.2) is 0 Å². The van der Waals surface area contributed by atoms with Crippen molar-refractivity contribution in [2.24, 2.45) is 11.7 Å². The first-order valence-electron chi connectivity index (χ1n) is 6.19. The molecule has 2 unspecified atom stereocenters. The summed E-state index contributed by atoms with van der Waals surface area (Å²) >= 11 is 1.56. The lowest BCUT2D eigenvalue weighted by molar-refractivity contribution is 0.517. The molecule has 0 aliphatic heterocycles. The molecule has 0 saturated heterocycles. The Morgan fingerprint density at radius 1 is 1.35 bits per heavy atom. The van der Waals surface area contributed by atoms with E-state index in [0.717, 1.165) is 12.1 Å². The Bertz CT molecular complexity index is 508. The van der Waals surface area contributed by atoms with E-state index in [1.165, 1.54) is 29.6 Å². The highest BCUT2D eigenvalue weighted by molar-refractivity contribution is 7.11. The lowest BCUT2D eigenvalue weighted by atomic mass is 10.0. The highest BCUT2D eigenvalue weighted by atomic mass is 32.1. The van der Waals surface area contributed by atoms with Crippen molar-refractivity contribution in [3.05, 3.63) is 24.3 Å². The fourth-order valence-corrected chi connectivity index (χ4v) is 3.49. The van der Waals surface area contributed by atoms with Crippen LogP contribution in [0.25, 0.3) is 10.9 Å². The topological polar surface area (TPSA) is 50.9 Å². The first-order valence-corrected chi connectivity index (χ1v) is 6.97. The zero-order chi connectivity index (χ0) is 11.7. The quantitative estimate of drug-likeness (QED) is 0.877. The molecule has 2 atom stereocenters. The van der Waals surface area contributed by atoms with Crippen molar-refractivity contribution < 1.29 is 0 Å². The van der Waals surface area contributed by atoms with Crippen LogP contribution >= 0.6 is 11.5 Å². The van der Waals surface area contributed by atoms with E-state index >= 15 is 0 Å². The van der Waals surface area contributed by atoms with E-state index in [1.54, 1.807) is 11.5 Å². The first kappa shape index (κ1) is 11.0. The summed E-state index contributed by atoms with van der Waals surface area (Å²) in [7, 11) is 0. The maximum Gasteiger partial charge on any atom is 0.117 e. The van der Waals surface area contributed by atoms with Crippen molar-refractivity contribution in [2.75, 3.05) is 11.9 Å². The molecule has 3 nitrogen and oxygen atoms in total. The van der Waals surface area contributed by atoms with E-state index in [4.69, 9.17) is 5.73 Å². The molecule has 1 heterocycles. The highest BCUT2D eigenvalue weighted by Crippen LogP contribution is 2.33. The summed E-state index contributed by atoms with van der Waals surface area (Å²) in [5.41, 5.74) is 6.90. The van der Waals surface area contributed by atoms with Gasteiger partial charge in [0.05, 0.1) is 5.52 Å². The maximum atomic E-state index is 5.81. The zero-order valence-corrected chi connectivity index (χ0v) is 10.5. The van der Waals surface area contributed by atoms with Gasteiger partial charge < -0.3 is 11.1 Å². The Morgan fingerprint density at radius 2 is 2.24 bits per heavy atom. The van der Waals surface area contributed by atoms with E-state index in [2.05, 4.69) is 27.9 Å². The first-order chi connectivity index (χ1) is 8.38. The van der Waals surface area contributed by atoms with Crippen molar-refractivity contribution in [3.8, 4) is 0 Å². The van der Waals surface area contributed by atoms with E-state index in [0.29, 0.717) is 12.0 Å². The molecule has 1 fully saturated rings. The number of fused-ring (bicyclic) bond motifs is 1. The number of nitrogens with zero attached hydrogens (tertiary/aromatic N) is 1. The molecule has 90 valence electrons. The second kappa shape index (κ2) is 4.63. The fourth-order valence-electron chi connectivity index (χ4n) is 2.67. The summed E-state index contributed by atoms with van der Waals surface area (Å²) in [5, 5.41) is 6.08. The maximum absolute atomic E-state index is 5.81. The molecule has 2 aromatic rings. The van der Waals surface area contributed by atoms with E-state index < -0.39 is 0 Å². The van der Waals surface area contributed by atoms with Crippen LogP contribution in [0.2, 0.25) is 0 Å². The Labute approximate surface area is 105 Å². The van der Waals surface area contributed by atoms with E-state index in [1.807, 2.05) is 6.07 Å². The molecule has 17 heavy (non-hydrogen) atoms. The van der Waals surface area contributed by atoms with Gasteiger partial charge >= 0.3 is 0 Å². The molecule has 4 heteroatoms. The molecule has 1 saturated carbocycles. The number of hydrogen-bond donors (Lipinski definition) is 2. The van der Waals surface area contributed by atoms with Crippen LogP contribution in [0.15, 0.2) is 24.3 Å². The Hall–Kier alpha value is -1.13.